The average molecular weight is 296 g/mol. The zero-order valence-corrected chi connectivity index (χ0v) is 11.8. The number of hydrogen-bond acceptors (Lipinski definition) is 2. The Hall–Kier alpha value is -1.98. The maximum Gasteiger partial charge on any atom is 0.255 e. The van der Waals surface area contributed by atoms with E-state index in [2.05, 4.69) is 5.32 Å². The predicted molar refractivity (Wildman–Crippen MR) is 74.3 cm³/mol. The van der Waals surface area contributed by atoms with Gasteiger partial charge in [0.1, 0.15) is 0 Å². The number of aryl methyl sites for hydroxylation is 1. The highest BCUT2D eigenvalue weighted by atomic mass is 19.3. The summed E-state index contributed by atoms with van der Waals surface area (Å²) in [6.45, 7) is 1.04. The third-order valence-corrected chi connectivity index (χ3v) is 3.32. The molecular weight excluding hydrogens is 278 g/mol. The Morgan fingerprint density at radius 1 is 1.38 bits per heavy atom. The Balaban J connectivity index is 1.89. The number of nitrogens with one attached hydrogen (secondary N) is 1. The second-order valence-electron chi connectivity index (χ2n) is 5.22. The normalized spacial score (nSPS) is 14.1. The molecule has 2 amide bonds. The van der Waals surface area contributed by atoms with Crippen molar-refractivity contribution in [1.82, 2.24) is 10.2 Å². The van der Waals surface area contributed by atoms with Crippen molar-refractivity contribution in [1.29, 1.82) is 0 Å². The molecule has 0 unspecified atom stereocenters. The van der Waals surface area contributed by atoms with Gasteiger partial charge in [-0.15, -0.1) is 0 Å². The minimum atomic E-state index is -2.55. The van der Waals surface area contributed by atoms with E-state index >= 15 is 0 Å². The number of halogens is 2. The second kappa shape index (κ2) is 6.65. The minimum absolute atomic E-state index is 0.0950. The number of carbonyl (C=O) groups is 2. The molecule has 0 aliphatic heterocycles. The van der Waals surface area contributed by atoms with Gasteiger partial charge in [0.25, 0.3) is 12.3 Å². The maximum absolute atomic E-state index is 12.5. The summed E-state index contributed by atoms with van der Waals surface area (Å²) in [7, 11) is 0. The molecule has 4 nitrogen and oxygen atoms in total. The van der Waals surface area contributed by atoms with Gasteiger partial charge in [-0.1, -0.05) is 17.7 Å². The van der Waals surface area contributed by atoms with Crippen LogP contribution in [-0.2, 0) is 4.79 Å². The van der Waals surface area contributed by atoms with Crippen LogP contribution < -0.4 is 5.32 Å². The fraction of sp³-hybridized carbons (Fsp3) is 0.467. The van der Waals surface area contributed by atoms with Gasteiger partial charge in [-0.3, -0.25) is 9.59 Å². The zero-order chi connectivity index (χ0) is 15.4. The Kier molecular flexibility index (Phi) is 4.88. The lowest BCUT2D eigenvalue weighted by Crippen LogP contribution is -2.43. The Bertz CT molecular complexity index is 530. The van der Waals surface area contributed by atoms with Crippen LogP contribution in [0.1, 0.15) is 28.8 Å². The summed E-state index contributed by atoms with van der Waals surface area (Å²) in [5, 5.41) is 2.49. The first-order valence-electron chi connectivity index (χ1n) is 6.90. The first kappa shape index (κ1) is 15.4. The molecule has 21 heavy (non-hydrogen) atoms. The quantitative estimate of drug-likeness (QED) is 0.872. The van der Waals surface area contributed by atoms with Crippen molar-refractivity contribution < 1.29 is 18.4 Å². The molecular formula is C15H18F2N2O2. The molecule has 0 radical (unpaired) electrons. The Labute approximate surface area is 122 Å². The van der Waals surface area contributed by atoms with Crippen LogP contribution in [0.4, 0.5) is 8.78 Å². The van der Waals surface area contributed by atoms with Gasteiger partial charge in [0.2, 0.25) is 5.91 Å². The molecule has 0 atom stereocenters. The van der Waals surface area contributed by atoms with E-state index in [1.165, 1.54) is 4.90 Å². The first-order chi connectivity index (χ1) is 9.97. The van der Waals surface area contributed by atoms with Gasteiger partial charge in [-0.05, 0) is 31.9 Å². The van der Waals surface area contributed by atoms with E-state index in [1.54, 1.807) is 18.2 Å². The van der Waals surface area contributed by atoms with Gasteiger partial charge >= 0.3 is 0 Å². The van der Waals surface area contributed by atoms with E-state index in [9.17, 15) is 18.4 Å². The van der Waals surface area contributed by atoms with Crippen molar-refractivity contribution in [2.24, 2.45) is 0 Å². The molecule has 0 heterocycles. The number of nitrogens with zero attached hydrogens (tertiary/aromatic N) is 1. The summed E-state index contributed by atoms with van der Waals surface area (Å²) in [5.74, 6) is -0.835. The van der Waals surface area contributed by atoms with Gasteiger partial charge in [0.15, 0.2) is 0 Å². The summed E-state index contributed by atoms with van der Waals surface area (Å²) in [6.07, 6.45) is -1.05. The average Bonchev–Trinajstić information content (AvgIpc) is 3.26. The van der Waals surface area contributed by atoms with Crippen molar-refractivity contribution in [3.8, 4) is 0 Å². The molecule has 1 aromatic rings. The predicted octanol–water partition coefficient (Wildman–Crippen LogP) is 1.98. The number of carbonyl (C=O) groups excluding carboxylic acids is 2. The molecule has 114 valence electrons. The van der Waals surface area contributed by atoms with E-state index in [0.717, 1.165) is 18.4 Å². The van der Waals surface area contributed by atoms with Crippen LogP contribution in [0.2, 0.25) is 0 Å². The highest BCUT2D eigenvalue weighted by molar-refractivity contribution is 5.96. The highest BCUT2D eigenvalue weighted by Gasteiger charge is 2.34. The summed E-state index contributed by atoms with van der Waals surface area (Å²) in [4.78, 5) is 25.0. The van der Waals surface area contributed by atoms with Gasteiger partial charge in [-0.2, -0.15) is 0 Å². The summed E-state index contributed by atoms with van der Waals surface area (Å²) < 4.78 is 24.9. The van der Waals surface area contributed by atoms with E-state index in [0.29, 0.717) is 5.56 Å². The molecule has 0 spiro atoms. The molecule has 1 aromatic carbocycles. The molecule has 1 N–H and O–H groups in total. The van der Waals surface area contributed by atoms with E-state index in [4.69, 9.17) is 0 Å². The third kappa shape index (κ3) is 4.51. The van der Waals surface area contributed by atoms with E-state index in [-0.39, 0.29) is 18.5 Å². The lowest BCUT2D eigenvalue weighted by atomic mass is 10.1. The van der Waals surface area contributed by atoms with Crippen LogP contribution in [-0.4, -0.2) is 42.3 Å². The maximum atomic E-state index is 12.5. The van der Waals surface area contributed by atoms with Gasteiger partial charge in [0.05, 0.1) is 13.1 Å². The lowest BCUT2D eigenvalue weighted by Gasteiger charge is -2.22. The zero-order valence-electron chi connectivity index (χ0n) is 11.8. The molecule has 1 aliphatic rings. The molecule has 0 bridgehead atoms. The largest absolute Gasteiger partial charge is 0.343 e. The van der Waals surface area contributed by atoms with E-state index < -0.39 is 18.9 Å². The molecule has 0 aromatic heterocycles. The SMILES string of the molecule is Cc1cccc(C(=O)NCC(=O)N(CC(F)F)C2CC2)c1. The Morgan fingerprint density at radius 3 is 2.67 bits per heavy atom. The number of benzene rings is 1. The van der Waals surface area contributed by atoms with Gasteiger partial charge < -0.3 is 10.2 Å². The summed E-state index contributed by atoms with van der Waals surface area (Å²) >= 11 is 0. The number of amides is 2. The molecule has 6 heteroatoms. The van der Waals surface area contributed by atoms with Crippen LogP contribution in [0, 0.1) is 6.92 Å². The fourth-order valence-electron chi connectivity index (χ4n) is 2.14. The van der Waals surface area contributed by atoms with Gasteiger partial charge in [-0.25, -0.2) is 8.78 Å². The van der Waals surface area contributed by atoms with Crippen molar-refractivity contribution in [3.05, 3.63) is 35.4 Å². The lowest BCUT2D eigenvalue weighted by molar-refractivity contribution is -0.132. The molecule has 1 aliphatic carbocycles. The molecule has 1 saturated carbocycles. The van der Waals surface area contributed by atoms with Crippen LogP contribution >= 0.6 is 0 Å². The topological polar surface area (TPSA) is 49.4 Å². The Morgan fingerprint density at radius 2 is 2.10 bits per heavy atom. The van der Waals surface area contributed by atoms with Crippen LogP contribution in [0.25, 0.3) is 0 Å². The summed E-state index contributed by atoms with van der Waals surface area (Å²) in [6, 6.07) is 6.86. The van der Waals surface area contributed by atoms with Crippen LogP contribution in [0.5, 0.6) is 0 Å². The standard InChI is InChI=1S/C15H18F2N2O2/c1-10-3-2-4-11(7-10)15(21)18-8-14(20)19(9-13(16)17)12-5-6-12/h2-4,7,12-13H,5-6,8-9H2,1H3,(H,18,21). The molecule has 2 rings (SSSR count). The first-order valence-corrected chi connectivity index (χ1v) is 6.90. The van der Waals surface area contributed by atoms with Crippen LogP contribution in [0.15, 0.2) is 24.3 Å². The monoisotopic (exact) mass is 296 g/mol. The molecule has 0 saturated heterocycles. The minimum Gasteiger partial charge on any atom is -0.343 e. The molecule has 1 fully saturated rings. The smallest absolute Gasteiger partial charge is 0.255 e. The van der Waals surface area contributed by atoms with Crippen molar-refractivity contribution in [2.75, 3.05) is 13.1 Å². The number of alkyl halides is 2. The second-order valence-corrected chi connectivity index (χ2v) is 5.22. The summed E-state index contributed by atoms with van der Waals surface area (Å²) in [5.41, 5.74) is 1.39. The van der Waals surface area contributed by atoms with Crippen molar-refractivity contribution in [2.45, 2.75) is 32.2 Å². The third-order valence-electron chi connectivity index (χ3n) is 3.32. The number of hydrogen-bond donors (Lipinski definition) is 1. The fourth-order valence-corrected chi connectivity index (χ4v) is 2.14. The van der Waals surface area contributed by atoms with Gasteiger partial charge in [0, 0.05) is 11.6 Å². The van der Waals surface area contributed by atoms with Crippen molar-refractivity contribution >= 4 is 11.8 Å². The van der Waals surface area contributed by atoms with Crippen molar-refractivity contribution in [3.63, 3.8) is 0 Å². The van der Waals surface area contributed by atoms with Crippen LogP contribution in [0.3, 0.4) is 0 Å². The number of rotatable bonds is 6. The van der Waals surface area contributed by atoms with E-state index in [1.807, 2.05) is 13.0 Å². The highest BCUT2D eigenvalue weighted by Crippen LogP contribution is 2.27.